The molecular formula is C23H33Cl2FN2O2. The van der Waals surface area contributed by atoms with Crippen molar-refractivity contribution in [2.24, 2.45) is 0 Å². The molecular weight excluding hydrogens is 426 g/mol. The lowest BCUT2D eigenvalue weighted by Crippen LogP contribution is -2.49. The first-order valence-electron chi connectivity index (χ1n) is 10.2. The van der Waals surface area contributed by atoms with Gasteiger partial charge in [-0.25, -0.2) is 4.39 Å². The zero-order chi connectivity index (χ0) is 19.9. The Morgan fingerprint density at radius 2 is 1.63 bits per heavy atom. The topological polar surface area (TPSA) is 35.9 Å². The number of β-amino-alcohol motifs (C(OH)–C–C–N with tert-alkyl or cyclic N) is 1. The Hall–Kier alpha value is -1.53. The lowest BCUT2D eigenvalue weighted by Gasteiger charge is -2.36. The summed E-state index contributed by atoms with van der Waals surface area (Å²) in [4.78, 5) is 4.51. The average Bonchev–Trinajstić information content (AvgIpc) is 2.73. The molecule has 2 aromatic carbocycles. The van der Waals surface area contributed by atoms with Gasteiger partial charge in [0.1, 0.15) is 24.3 Å². The molecule has 0 aliphatic carbocycles. The molecule has 0 spiro atoms. The number of hydrogen-bond acceptors (Lipinski definition) is 4. The van der Waals surface area contributed by atoms with Crippen LogP contribution in [0.3, 0.4) is 0 Å². The molecule has 0 radical (unpaired) electrons. The molecule has 2 aromatic rings. The van der Waals surface area contributed by atoms with Gasteiger partial charge in [0.2, 0.25) is 0 Å². The summed E-state index contributed by atoms with van der Waals surface area (Å²) in [6, 6.07) is 14.7. The van der Waals surface area contributed by atoms with Crippen molar-refractivity contribution in [3.8, 4) is 5.75 Å². The number of benzene rings is 2. The van der Waals surface area contributed by atoms with Crippen LogP contribution in [0.1, 0.15) is 31.7 Å². The zero-order valence-corrected chi connectivity index (χ0v) is 19.3. The Balaban J connectivity index is 0.00000225. The highest BCUT2D eigenvalue weighted by Crippen LogP contribution is 2.28. The third-order valence-corrected chi connectivity index (χ3v) is 5.53. The predicted molar refractivity (Wildman–Crippen MR) is 126 cm³/mol. The minimum absolute atomic E-state index is 0. The second-order valence-electron chi connectivity index (χ2n) is 7.58. The van der Waals surface area contributed by atoms with Crippen LogP contribution in [-0.4, -0.2) is 55.4 Å². The van der Waals surface area contributed by atoms with Gasteiger partial charge in [-0.1, -0.05) is 32.0 Å². The Morgan fingerprint density at radius 3 is 2.27 bits per heavy atom. The zero-order valence-electron chi connectivity index (χ0n) is 17.7. The van der Waals surface area contributed by atoms with E-state index in [1.54, 1.807) is 0 Å². The van der Waals surface area contributed by atoms with Crippen molar-refractivity contribution in [2.45, 2.75) is 32.3 Å². The Morgan fingerprint density at radius 1 is 1.00 bits per heavy atom. The summed E-state index contributed by atoms with van der Waals surface area (Å²) in [6.07, 6.45) is 0.531. The minimum Gasteiger partial charge on any atom is -0.491 e. The Kier molecular flexibility index (Phi) is 11.5. The van der Waals surface area contributed by atoms with Crippen molar-refractivity contribution in [3.05, 3.63) is 59.9 Å². The van der Waals surface area contributed by atoms with Gasteiger partial charge < -0.3 is 14.7 Å². The molecule has 1 N–H and O–H groups in total. The Bertz CT molecular complexity index is 740. The van der Waals surface area contributed by atoms with E-state index < -0.39 is 6.10 Å². The maximum atomic E-state index is 13.1. The molecule has 1 aliphatic heterocycles. The van der Waals surface area contributed by atoms with E-state index in [9.17, 15) is 9.50 Å². The van der Waals surface area contributed by atoms with Gasteiger partial charge in [-0.15, -0.1) is 24.8 Å². The van der Waals surface area contributed by atoms with Crippen LogP contribution in [0.25, 0.3) is 0 Å². The summed E-state index contributed by atoms with van der Waals surface area (Å²) in [5, 5.41) is 10.4. The highest BCUT2D eigenvalue weighted by molar-refractivity contribution is 5.85. The van der Waals surface area contributed by atoms with Crippen molar-refractivity contribution in [1.29, 1.82) is 0 Å². The normalized spacial score (nSPS) is 16.2. The van der Waals surface area contributed by atoms with Gasteiger partial charge in [-0.05, 0) is 48.2 Å². The van der Waals surface area contributed by atoms with Crippen molar-refractivity contribution < 1.29 is 14.2 Å². The van der Waals surface area contributed by atoms with E-state index in [4.69, 9.17) is 4.74 Å². The molecule has 4 nitrogen and oxygen atoms in total. The van der Waals surface area contributed by atoms with E-state index in [1.165, 1.54) is 17.7 Å². The minimum atomic E-state index is -0.526. The molecule has 1 aliphatic rings. The molecule has 0 saturated carbocycles. The van der Waals surface area contributed by atoms with Crippen LogP contribution < -0.4 is 9.64 Å². The molecule has 1 fully saturated rings. The molecule has 2 unspecified atom stereocenters. The fourth-order valence-corrected chi connectivity index (χ4v) is 3.62. The average molecular weight is 459 g/mol. The first kappa shape index (κ1) is 26.5. The van der Waals surface area contributed by atoms with Crippen molar-refractivity contribution in [2.75, 3.05) is 44.2 Å². The molecule has 0 aromatic heterocycles. The molecule has 0 amide bonds. The van der Waals surface area contributed by atoms with E-state index in [-0.39, 0.29) is 30.6 Å². The van der Waals surface area contributed by atoms with Gasteiger partial charge in [-0.3, -0.25) is 4.90 Å². The predicted octanol–water partition coefficient (Wildman–Crippen LogP) is 4.74. The lowest BCUT2D eigenvalue weighted by atomic mass is 9.98. The summed E-state index contributed by atoms with van der Waals surface area (Å²) >= 11 is 0. The van der Waals surface area contributed by atoms with Gasteiger partial charge in [0, 0.05) is 38.4 Å². The van der Waals surface area contributed by atoms with Crippen molar-refractivity contribution in [3.63, 3.8) is 0 Å². The number of halogens is 3. The summed E-state index contributed by atoms with van der Waals surface area (Å²) in [5.41, 5.74) is 2.25. The van der Waals surface area contributed by atoms with Gasteiger partial charge in [-0.2, -0.15) is 0 Å². The first-order chi connectivity index (χ1) is 13.6. The molecule has 1 saturated heterocycles. The number of hydrogen-bond donors (Lipinski definition) is 1. The second kappa shape index (κ2) is 13.0. The first-order valence-corrected chi connectivity index (χ1v) is 10.2. The van der Waals surface area contributed by atoms with Crippen molar-refractivity contribution in [1.82, 2.24) is 4.90 Å². The number of para-hydroxylation sites is 1. The molecule has 30 heavy (non-hydrogen) atoms. The quantitative estimate of drug-likeness (QED) is 0.619. The number of aliphatic hydroxyl groups is 1. The van der Waals surface area contributed by atoms with Crippen LogP contribution in [0.5, 0.6) is 5.75 Å². The van der Waals surface area contributed by atoms with E-state index in [1.807, 2.05) is 30.3 Å². The smallest absolute Gasteiger partial charge is 0.123 e. The number of ether oxygens (including phenoxy) is 1. The molecule has 2 atom stereocenters. The number of anilines is 1. The van der Waals surface area contributed by atoms with Gasteiger partial charge in [0.15, 0.2) is 0 Å². The summed E-state index contributed by atoms with van der Waals surface area (Å²) < 4.78 is 19.0. The third-order valence-electron chi connectivity index (χ3n) is 5.53. The van der Waals surface area contributed by atoms with Crippen LogP contribution >= 0.6 is 24.8 Å². The Labute approximate surface area is 191 Å². The molecule has 168 valence electrons. The number of rotatable bonds is 8. The fourth-order valence-electron chi connectivity index (χ4n) is 3.62. The maximum Gasteiger partial charge on any atom is 0.123 e. The van der Waals surface area contributed by atoms with Crippen molar-refractivity contribution >= 4 is 30.5 Å². The summed E-state index contributed by atoms with van der Waals surface area (Å²) in [5.74, 6) is 1.10. The van der Waals surface area contributed by atoms with Crippen LogP contribution in [0.4, 0.5) is 10.1 Å². The second-order valence-corrected chi connectivity index (χ2v) is 7.58. The standard InChI is InChI=1S/C23H31FN2O2.2ClH/c1-3-18(2)22-6-4-5-7-23(22)28-17-21(27)16-25-12-14-26(15-13-25)20-10-8-19(24)9-11-20;;/h4-11,18,21,27H,3,12-17H2,1-2H3;2*1H. The van der Waals surface area contributed by atoms with Gasteiger partial charge in [0.05, 0.1) is 0 Å². The number of aliphatic hydroxyl groups excluding tert-OH is 1. The van der Waals surface area contributed by atoms with Crippen LogP contribution in [-0.2, 0) is 0 Å². The van der Waals surface area contributed by atoms with E-state index in [0.29, 0.717) is 19.1 Å². The van der Waals surface area contributed by atoms with Crippen LogP contribution in [0.15, 0.2) is 48.5 Å². The molecule has 7 heteroatoms. The van der Waals surface area contributed by atoms with E-state index in [2.05, 4.69) is 29.7 Å². The van der Waals surface area contributed by atoms with Crippen LogP contribution in [0.2, 0.25) is 0 Å². The largest absolute Gasteiger partial charge is 0.491 e. The third kappa shape index (κ3) is 7.31. The molecule has 0 bridgehead atoms. The monoisotopic (exact) mass is 458 g/mol. The number of nitrogens with zero attached hydrogens (tertiary/aromatic N) is 2. The molecule has 1 heterocycles. The highest BCUT2D eigenvalue weighted by atomic mass is 35.5. The lowest BCUT2D eigenvalue weighted by molar-refractivity contribution is 0.0658. The van der Waals surface area contributed by atoms with Gasteiger partial charge in [0.25, 0.3) is 0 Å². The maximum absolute atomic E-state index is 13.1. The number of piperazine rings is 1. The summed E-state index contributed by atoms with van der Waals surface area (Å²) in [7, 11) is 0. The van der Waals surface area contributed by atoms with Crippen LogP contribution in [0, 0.1) is 5.82 Å². The van der Waals surface area contributed by atoms with Gasteiger partial charge >= 0.3 is 0 Å². The van der Waals surface area contributed by atoms with E-state index in [0.717, 1.165) is 44.0 Å². The highest BCUT2D eigenvalue weighted by Gasteiger charge is 2.20. The summed E-state index contributed by atoms with van der Waals surface area (Å²) in [6.45, 7) is 8.75. The molecule has 3 rings (SSSR count). The fraction of sp³-hybridized carbons (Fsp3) is 0.478. The SMILES string of the molecule is CCC(C)c1ccccc1OCC(O)CN1CCN(c2ccc(F)cc2)CC1.Cl.Cl. The van der Waals surface area contributed by atoms with E-state index >= 15 is 0 Å².